The zero-order valence-corrected chi connectivity index (χ0v) is 14.4. The molecule has 0 spiro atoms. The minimum Gasteiger partial charge on any atom is -0.383 e. The summed E-state index contributed by atoms with van der Waals surface area (Å²) in [4.78, 5) is 7.91. The second-order valence-electron chi connectivity index (χ2n) is 5.33. The quantitative estimate of drug-likeness (QED) is 0.777. The molecule has 0 aromatic carbocycles. The van der Waals surface area contributed by atoms with Crippen LogP contribution in [0.5, 0.6) is 0 Å². The van der Waals surface area contributed by atoms with Crippen molar-refractivity contribution in [3.8, 4) is 0 Å². The summed E-state index contributed by atoms with van der Waals surface area (Å²) in [7, 11) is -1.20. The smallest absolute Gasteiger partial charge is 0.186 e. The predicted octanol–water partition coefficient (Wildman–Crippen LogP) is 0.811. The fraction of sp³-hybridized carbons (Fsp3) is 0.769. The molecule has 2 heterocycles. The number of sulfone groups is 1. The van der Waals surface area contributed by atoms with Gasteiger partial charge in [-0.2, -0.15) is 0 Å². The molecule has 1 fully saturated rings. The van der Waals surface area contributed by atoms with E-state index >= 15 is 0 Å². The van der Waals surface area contributed by atoms with Gasteiger partial charge in [0.2, 0.25) is 0 Å². The zero-order chi connectivity index (χ0) is 15.5. The number of methoxy groups -OCH3 is 1. The molecule has 21 heavy (non-hydrogen) atoms. The minimum absolute atomic E-state index is 0.0106. The van der Waals surface area contributed by atoms with Crippen molar-refractivity contribution in [3.05, 3.63) is 10.6 Å². The summed E-state index contributed by atoms with van der Waals surface area (Å²) in [6.45, 7) is 6.75. The average molecular weight is 333 g/mol. The fourth-order valence-electron chi connectivity index (χ4n) is 2.36. The van der Waals surface area contributed by atoms with E-state index in [1.54, 1.807) is 18.4 Å². The van der Waals surface area contributed by atoms with Crippen molar-refractivity contribution in [2.24, 2.45) is 0 Å². The van der Waals surface area contributed by atoms with Crippen LogP contribution in [0.1, 0.15) is 17.5 Å². The van der Waals surface area contributed by atoms with E-state index < -0.39 is 9.84 Å². The summed E-state index contributed by atoms with van der Waals surface area (Å²) in [5.74, 6) is 0.435. The maximum atomic E-state index is 11.6. The second-order valence-corrected chi connectivity index (χ2v) is 8.62. The van der Waals surface area contributed by atoms with Gasteiger partial charge in [0.05, 0.1) is 23.8 Å². The molecule has 6 nitrogen and oxygen atoms in total. The third-order valence-electron chi connectivity index (χ3n) is 3.57. The summed E-state index contributed by atoms with van der Waals surface area (Å²) in [6, 6.07) is -0.0106. The van der Waals surface area contributed by atoms with E-state index in [0.29, 0.717) is 13.2 Å². The van der Waals surface area contributed by atoms with Gasteiger partial charge in [-0.3, -0.25) is 0 Å². The lowest BCUT2D eigenvalue weighted by molar-refractivity contribution is 0.199. The molecule has 1 aliphatic heterocycles. The predicted molar refractivity (Wildman–Crippen MR) is 85.9 cm³/mol. The SMILES string of the molecule is COCCNCc1sc(N2CCS(=O)(=O)CC2C)nc1C. The van der Waals surface area contributed by atoms with Crippen molar-refractivity contribution in [1.29, 1.82) is 0 Å². The Morgan fingerprint density at radius 1 is 1.52 bits per heavy atom. The van der Waals surface area contributed by atoms with Gasteiger partial charge in [0.15, 0.2) is 15.0 Å². The van der Waals surface area contributed by atoms with Crippen LogP contribution >= 0.6 is 11.3 Å². The first-order chi connectivity index (χ1) is 9.93. The largest absolute Gasteiger partial charge is 0.383 e. The van der Waals surface area contributed by atoms with E-state index in [-0.39, 0.29) is 17.5 Å². The van der Waals surface area contributed by atoms with Crippen LogP contribution in [-0.4, -0.2) is 57.8 Å². The first-order valence-electron chi connectivity index (χ1n) is 7.06. The Labute approximate surface area is 130 Å². The molecule has 2 rings (SSSR count). The van der Waals surface area contributed by atoms with Gasteiger partial charge in [0.25, 0.3) is 0 Å². The molecule has 0 amide bonds. The molecule has 1 N–H and O–H groups in total. The van der Waals surface area contributed by atoms with Gasteiger partial charge >= 0.3 is 0 Å². The standard InChI is InChI=1S/C13H23N3O3S2/c1-10-9-21(17,18)7-5-16(10)13-15-11(2)12(20-13)8-14-4-6-19-3/h10,14H,4-9H2,1-3H3. The Bertz CT molecular complexity index is 571. The van der Waals surface area contributed by atoms with Crippen molar-refractivity contribution in [2.75, 3.05) is 43.2 Å². The van der Waals surface area contributed by atoms with Gasteiger partial charge in [-0.05, 0) is 13.8 Å². The number of rotatable bonds is 6. The van der Waals surface area contributed by atoms with Crippen LogP contribution in [0.15, 0.2) is 0 Å². The summed E-state index contributed by atoms with van der Waals surface area (Å²) >= 11 is 1.64. The van der Waals surface area contributed by atoms with Crippen molar-refractivity contribution in [1.82, 2.24) is 10.3 Å². The van der Waals surface area contributed by atoms with Crippen LogP contribution in [0, 0.1) is 6.92 Å². The summed E-state index contributed by atoms with van der Waals surface area (Å²) in [6.07, 6.45) is 0. The number of ether oxygens (including phenoxy) is 1. The Morgan fingerprint density at radius 3 is 2.95 bits per heavy atom. The molecule has 0 saturated carbocycles. The molecule has 1 atom stereocenters. The first-order valence-corrected chi connectivity index (χ1v) is 9.70. The molecule has 8 heteroatoms. The molecule has 120 valence electrons. The number of anilines is 1. The molecule has 1 saturated heterocycles. The molecule has 0 aliphatic carbocycles. The monoisotopic (exact) mass is 333 g/mol. The maximum absolute atomic E-state index is 11.6. The number of hydrogen-bond acceptors (Lipinski definition) is 7. The van der Waals surface area contributed by atoms with Crippen molar-refractivity contribution >= 4 is 26.3 Å². The molecular formula is C13H23N3O3S2. The minimum atomic E-state index is -2.89. The highest BCUT2D eigenvalue weighted by Gasteiger charge is 2.30. The Balaban J connectivity index is 2.01. The van der Waals surface area contributed by atoms with Gasteiger partial charge in [0.1, 0.15) is 0 Å². The number of aromatic nitrogens is 1. The second kappa shape index (κ2) is 7.04. The summed E-state index contributed by atoms with van der Waals surface area (Å²) in [5.41, 5.74) is 1.01. The number of nitrogens with zero attached hydrogens (tertiary/aromatic N) is 2. The van der Waals surface area contributed by atoms with Crippen LogP contribution in [0.2, 0.25) is 0 Å². The molecule has 0 radical (unpaired) electrons. The van der Waals surface area contributed by atoms with E-state index in [1.807, 2.05) is 13.8 Å². The normalized spacial score (nSPS) is 21.7. The van der Waals surface area contributed by atoms with Crippen LogP contribution in [0.4, 0.5) is 5.13 Å². The number of thiazole rings is 1. The molecule has 1 aliphatic rings. The van der Waals surface area contributed by atoms with E-state index in [9.17, 15) is 8.42 Å². The number of nitrogens with one attached hydrogen (secondary N) is 1. The number of aryl methyl sites for hydroxylation is 1. The fourth-order valence-corrected chi connectivity index (χ4v) is 5.07. The van der Waals surface area contributed by atoms with E-state index in [1.165, 1.54) is 4.88 Å². The Kier molecular flexibility index (Phi) is 5.59. The van der Waals surface area contributed by atoms with E-state index in [0.717, 1.165) is 23.9 Å². The van der Waals surface area contributed by atoms with Crippen LogP contribution in [0.25, 0.3) is 0 Å². The van der Waals surface area contributed by atoms with Crippen molar-refractivity contribution < 1.29 is 13.2 Å². The molecule has 1 aromatic rings. The van der Waals surface area contributed by atoms with E-state index in [4.69, 9.17) is 4.74 Å². The van der Waals surface area contributed by atoms with Gasteiger partial charge in [-0.25, -0.2) is 13.4 Å². The lowest BCUT2D eigenvalue weighted by Gasteiger charge is -2.32. The van der Waals surface area contributed by atoms with Crippen LogP contribution in [0.3, 0.4) is 0 Å². The summed E-state index contributed by atoms with van der Waals surface area (Å²) < 4.78 is 28.3. The summed E-state index contributed by atoms with van der Waals surface area (Å²) in [5, 5.41) is 4.24. The van der Waals surface area contributed by atoms with Crippen molar-refractivity contribution in [2.45, 2.75) is 26.4 Å². The third kappa shape index (κ3) is 4.38. The molecule has 1 aromatic heterocycles. The number of hydrogen-bond donors (Lipinski definition) is 1. The average Bonchev–Trinajstić information content (AvgIpc) is 2.75. The van der Waals surface area contributed by atoms with Gasteiger partial charge in [-0.1, -0.05) is 0 Å². The lowest BCUT2D eigenvalue weighted by Crippen LogP contribution is -2.46. The first kappa shape index (κ1) is 16.7. The maximum Gasteiger partial charge on any atom is 0.186 e. The van der Waals surface area contributed by atoms with Crippen LogP contribution < -0.4 is 10.2 Å². The van der Waals surface area contributed by atoms with Crippen molar-refractivity contribution in [3.63, 3.8) is 0 Å². The topological polar surface area (TPSA) is 71.5 Å². The molecule has 0 bridgehead atoms. The Morgan fingerprint density at radius 2 is 2.29 bits per heavy atom. The molecule has 1 unspecified atom stereocenters. The highest BCUT2D eigenvalue weighted by Crippen LogP contribution is 2.29. The van der Waals surface area contributed by atoms with Crippen LogP contribution in [-0.2, 0) is 21.1 Å². The van der Waals surface area contributed by atoms with Gasteiger partial charge in [-0.15, -0.1) is 11.3 Å². The van der Waals surface area contributed by atoms with E-state index in [2.05, 4.69) is 15.2 Å². The zero-order valence-electron chi connectivity index (χ0n) is 12.8. The highest BCUT2D eigenvalue weighted by molar-refractivity contribution is 7.91. The third-order valence-corrected chi connectivity index (χ3v) is 6.56. The molecular weight excluding hydrogens is 310 g/mol. The lowest BCUT2D eigenvalue weighted by atomic mass is 10.3. The highest BCUT2D eigenvalue weighted by atomic mass is 32.2. The van der Waals surface area contributed by atoms with Gasteiger partial charge < -0.3 is 15.0 Å². The van der Waals surface area contributed by atoms with Gasteiger partial charge in [0, 0.05) is 37.7 Å². The Hall–Kier alpha value is -0.700.